The van der Waals surface area contributed by atoms with Crippen molar-refractivity contribution in [1.29, 1.82) is 0 Å². The average molecular weight is 294 g/mol. The number of benzene rings is 2. The van der Waals surface area contributed by atoms with Gasteiger partial charge >= 0.3 is 5.76 Å². The molecule has 1 aromatic heterocycles. The first-order chi connectivity index (χ1) is 10.7. The number of hydrogen-bond donors (Lipinski definition) is 2. The van der Waals surface area contributed by atoms with Gasteiger partial charge in [-0.05, 0) is 42.2 Å². The highest BCUT2D eigenvalue weighted by Gasteiger charge is 2.27. The van der Waals surface area contributed by atoms with Gasteiger partial charge in [-0.2, -0.15) is 0 Å². The highest BCUT2D eigenvalue weighted by atomic mass is 16.4. The predicted molar refractivity (Wildman–Crippen MR) is 82.8 cm³/mol. The Hall–Kier alpha value is -2.82. The van der Waals surface area contributed by atoms with Crippen molar-refractivity contribution in [2.75, 3.05) is 5.32 Å². The van der Waals surface area contributed by atoms with Crippen molar-refractivity contribution in [3.8, 4) is 0 Å². The van der Waals surface area contributed by atoms with Crippen LogP contribution in [-0.4, -0.2) is 10.9 Å². The fourth-order valence-electron chi connectivity index (χ4n) is 3.02. The van der Waals surface area contributed by atoms with Crippen LogP contribution in [0.1, 0.15) is 11.1 Å². The Morgan fingerprint density at radius 3 is 2.59 bits per heavy atom. The van der Waals surface area contributed by atoms with Crippen LogP contribution in [0.5, 0.6) is 0 Å². The Balaban J connectivity index is 1.53. The maximum atomic E-state index is 12.4. The van der Waals surface area contributed by atoms with Gasteiger partial charge in [0.05, 0.1) is 5.52 Å². The average Bonchev–Trinajstić information content (AvgIpc) is 3.08. The van der Waals surface area contributed by atoms with Gasteiger partial charge in [0.1, 0.15) is 0 Å². The summed E-state index contributed by atoms with van der Waals surface area (Å²) in [6, 6.07) is 13.3. The molecule has 1 heterocycles. The summed E-state index contributed by atoms with van der Waals surface area (Å²) in [7, 11) is 0. The summed E-state index contributed by atoms with van der Waals surface area (Å²) >= 11 is 0. The lowest BCUT2D eigenvalue weighted by Crippen LogP contribution is -2.23. The number of nitrogens with one attached hydrogen (secondary N) is 2. The molecule has 0 spiro atoms. The van der Waals surface area contributed by atoms with E-state index in [9.17, 15) is 9.59 Å². The highest BCUT2D eigenvalue weighted by molar-refractivity contribution is 5.95. The van der Waals surface area contributed by atoms with Crippen LogP contribution in [0, 0.1) is 5.92 Å². The second-order valence-electron chi connectivity index (χ2n) is 5.59. The number of aromatic nitrogens is 1. The SMILES string of the molecule is O=C(Nc1ccc2oc(=O)[nH]c2c1)C1Cc2ccccc2C1. The molecule has 22 heavy (non-hydrogen) atoms. The molecule has 4 rings (SSSR count). The lowest BCUT2D eigenvalue weighted by molar-refractivity contribution is -0.119. The van der Waals surface area contributed by atoms with E-state index < -0.39 is 5.76 Å². The van der Waals surface area contributed by atoms with E-state index in [-0.39, 0.29) is 11.8 Å². The summed E-state index contributed by atoms with van der Waals surface area (Å²) in [6.07, 6.45) is 1.54. The van der Waals surface area contributed by atoms with E-state index in [1.54, 1.807) is 18.2 Å². The number of rotatable bonds is 2. The maximum absolute atomic E-state index is 12.4. The van der Waals surface area contributed by atoms with Gasteiger partial charge in [-0.3, -0.25) is 9.78 Å². The van der Waals surface area contributed by atoms with Crippen LogP contribution in [0.2, 0.25) is 0 Å². The summed E-state index contributed by atoms with van der Waals surface area (Å²) in [5, 5.41) is 2.92. The van der Waals surface area contributed by atoms with E-state index in [4.69, 9.17) is 4.42 Å². The van der Waals surface area contributed by atoms with Crippen LogP contribution in [0.4, 0.5) is 5.69 Å². The topological polar surface area (TPSA) is 75.1 Å². The highest BCUT2D eigenvalue weighted by Crippen LogP contribution is 2.27. The van der Waals surface area contributed by atoms with E-state index in [2.05, 4.69) is 22.4 Å². The molecule has 5 nitrogen and oxygen atoms in total. The molecule has 5 heteroatoms. The molecule has 0 saturated carbocycles. The van der Waals surface area contributed by atoms with Crippen molar-refractivity contribution < 1.29 is 9.21 Å². The third-order valence-electron chi connectivity index (χ3n) is 4.11. The van der Waals surface area contributed by atoms with E-state index >= 15 is 0 Å². The molecule has 2 aromatic carbocycles. The van der Waals surface area contributed by atoms with Crippen LogP contribution in [0.25, 0.3) is 11.1 Å². The number of aromatic amines is 1. The molecule has 1 aliphatic carbocycles. The summed E-state index contributed by atoms with van der Waals surface area (Å²) in [5.41, 5.74) is 4.22. The zero-order chi connectivity index (χ0) is 15.1. The molecule has 0 aliphatic heterocycles. The van der Waals surface area contributed by atoms with Crippen molar-refractivity contribution in [2.45, 2.75) is 12.8 Å². The molecule has 0 saturated heterocycles. The number of carbonyl (C=O) groups is 1. The van der Waals surface area contributed by atoms with Gasteiger partial charge in [0.15, 0.2) is 5.58 Å². The first kappa shape index (κ1) is 12.9. The molecule has 2 N–H and O–H groups in total. The van der Waals surface area contributed by atoms with Crippen molar-refractivity contribution in [1.82, 2.24) is 4.98 Å². The third kappa shape index (κ3) is 2.20. The van der Waals surface area contributed by atoms with Gasteiger partial charge in [0.25, 0.3) is 0 Å². The molecule has 0 unspecified atom stereocenters. The molecular weight excluding hydrogens is 280 g/mol. The first-order valence-corrected chi connectivity index (χ1v) is 7.19. The Morgan fingerprint density at radius 1 is 1.14 bits per heavy atom. The summed E-state index contributed by atoms with van der Waals surface area (Å²) in [5.74, 6) is -0.539. The van der Waals surface area contributed by atoms with Crippen LogP contribution in [0.3, 0.4) is 0 Å². The van der Waals surface area contributed by atoms with Crippen LogP contribution in [0.15, 0.2) is 51.7 Å². The van der Waals surface area contributed by atoms with Gasteiger partial charge in [0.2, 0.25) is 5.91 Å². The molecule has 1 amide bonds. The zero-order valence-corrected chi connectivity index (χ0v) is 11.8. The van der Waals surface area contributed by atoms with Crippen molar-refractivity contribution in [2.24, 2.45) is 5.92 Å². The van der Waals surface area contributed by atoms with Crippen LogP contribution >= 0.6 is 0 Å². The normalized spacial score (nSPS) is 14.2. The van der Waals surface area contributed by atoms with Gasteiger partial charge < -0.3 is 9.73 Å². The van der Waals surface area contributed by atoms with E-state index in [0.29, 0.717) is 16.8 Å². The second kappa shape index (κ2) is 4.87. The number of carbonyl (C=O) groups excluding carboxylic acids is 1. The largest absolute Gasteiger partial charge is 0.417 e. The second-order valence-corrected chi connectivity index (χ2v) is 5.59. The Bertz CT molecular complexity index is 898. The zero-order valence-electron chi connectivity index (χ0n) is 11.8. The Kier molecular flexibility index (Phi) is 2.85. The predicted octanol–water partition coefficient (Wildman–Crippen LogP) is 2.47. The van der Waals surface area contributed by atoms with Gasteiger partial charge in [0, 0.05) is 11.6 Å². The fraction of sp³-hybridized carbons (Fsp3) is 0.176. The minimum Gasteiger partial charge on any atom is -0.408 e. The fourth-order valence-corrected chi connectivity index (χ4v) is 3.02. The van der Waals surface area contributed by atoms with Gasteiger partial charge in [-0.15, -0.1) is 0 Å². The van der Waals surface area contributed by atoms with Crippen molar-refractivity contribution >= 4 is 22.7 Å². The number of oxazole rings is 1. The molecular formula is C17H14N2O3. The standard InChI is InChI=1S/C17H14N2O3/c20-16(12-7-10-3-1-2-4-11(10)8-12)18-13-5-6-15-14(9-13)19-17(21)22-15/h1-6,9,12H,7-8H2,(H,18,20)(H,19,21). The minimum absolute atomic E-state index is 0.00129. The van der Waals surface area contributed by atoms with Crippen molar-refractivity contribution in [3.63, 3.8) is 0 Å². The Labute approximate surface area is 126 Å². The van der Waals surface area contributed by atoms with Crippen molar-refractivity contribution in [3.05, 3.63) is 64.1 Å². The number of fused-ring (bicyclic) bond motifs is 2. The minimum atomic E-state index is -0.496. The van der Waals surface area contributed by atoms with Crippen LogP contribution in [-0.2, 0) is 17.6 Å². The molecule has 0 bridgehead atoms. The quantitative estimate of drug-likeness (QED) is 0.762. The summed E-state index contributed by atoms with van der Waals surface area (Å²) in [4.78, 5) is 26.1. The summed E-state index contributed by atoms with van der Waals surface area (Å²) < 4.78 is 4.95. The van der Waals surface area contributed by atoms with Crippen LogP contribution < -0.4 is 11.1 Å². The molecule has 1 aliphatic rings. The smallest absolute Gasteiger partial charge is 0.408 e. The summed E-state index contributed by atoms with van der Waals surface area (Å²) in [6.45, 7) is 0. The molecule has 0 radical (unpaired) electrons. The number of amides is 1. The lowest BCUT2D eigenvalue weighted by Gasteiger charge is -2.10. The monoisotopic (exact) mass is 294 g/mol. The number of H-pyrrole nitrogens is 1. The molecule has 3 aromatic rings. The maximum Gasteiger partial charge on any atom is 0.417 e. The molecule has 0 atom stereocenters. The number of hydrogen-bond acceptors (Lipinski definition) is 3. The van der Waals surface area contributed by atoms with E-state index in [1.165, 1.54) is 11.1 Å². The lowest BCUT2D eigenvalue weighted by atomic mass is 10.1. The Morgan fingerprint density at radius 2 is 1.86 bits per heavy atom. The molecule has 0 fully saturated rings. The first-order valence-electron chi connectivity index (χ1n) is 7.19. The van der Waals surface area contributed by atoms with E-state index in [0.717, 1.165) is 12.8 Å². The van der Waals surface area contributed by atoms with Gasteiger partial charge in [-0.25, -0.2) is 4.79 Å². The van der Waals surface area contributed by atoms with Gasteiger partial charge in [-0.1, -0.05) is 24.3 Å². The molecule has 110 valence electrons. The van der Waals surface area contributed by atoms with E-state index in [1.807, 2.05) is 12.1 Å². The number of anilines is 1. The third-order valence-corrected chi connectivity index (χ3v) is 4.11.